The van der Waals surface area contributed by atoms with E-state index < -0.39 is 18.5 Å². The summed E-state index contributed by atoms with van der Waals surface area (Å²) in [4.78, 5) is 28.2. The molecule has 8 nitrogen and oxygen atoms in total. The number of nitrogens with one attached hydrogen (secondary N) is 1. The number of aromatic nitrogens is 1. The Bertz CT molecular complexity index is 928. The molecule has 1 N–H and O–H groups in total. The van der Waals surface area contributed by atoms with Gasteiger partial charge in [0.25, 0.3) is 5.91 Å². The number of carbonyl (C=O) groups is 2. The fourth-order valence-corrected chi connectivity index (χ4v) is 2.34. The number of benzene rings is 2. The molecule has 1 aromatic heterocycles. The van der Waals surface area contributed by atoms with Gasteiger partial charge in [0, 0.05) is 23.9 Å². The molecule has 26 heavy (non-hydrogen) atoms. The number of fused-ring (bicyclic) bond motifs is 1. The van der Waals surface area contributed by atoms with Gasteiger partial charge in [0.1, 0.15) is 17.0 Å². The van der Waals surface area contributed by atoms with Crippen LogP contribution in [-0.4, -0.2) is 37.7 Å². The number of ether oxygens (including phenoxy) is 3. The van der Waals surface area contributed by atoms with Crippen LogP contribution in [0, 0.1) is 0 Å². The largest absolute Gasteiger partial charge is 0.497 e. The number of esters is 1. The monoisotopic (exact) mass is 356 g/mol. The van der Waals surface area contributed by atoms with Crippen LogP contribution in [0.2, 0.25) is 0 Å². The van der Waals surface area contributed by atoms with Crippen LogP contribution >= 0.6 is 0 Å². The minimum absolute atomic E-state index is 0.229. The van der Waals surface area contributed by atoms with Crippen molar-refractivity contribution in [1.82, 2.24) is 4.98 Å². The van der Waals surface area contributed by atoms with E-state index in [0.717, 1.165) is 0 Å². The molecular weight excluding hydrogens is 340 g/mol. The first-order chi connectivity index (χ1) is 12.6. The van der Waals surface area contributed by atoms with Gasteiger partial charge in [-0.05, 0) is 12.1 Å². The highest BCUT2D eigenvalue weighted by Gasteiger charge is 2.16. The second-order valence-electron chi connectivity index (χ2n) is 5.23. The molecule has 0 aliphatic rings. The van der Waals surface area contributed by atoms with Gasteiger partial charge in [-0.1, -0.05) is 6.07 Å². The van der Waals surface area contributed by atoms with Gasteiger partial charge in [-0.15, -0.1) is 0 Å². The number of hydrogen-bond donors (Lipinski definition) is 1. The highest BCUT2D eigenvalue weighted by atomic mass is 16.5. The Morgan fingerprint density at radius 2 is 1.85 bits per heavy atom. The Hall–Kier alpha value is -3.55. The summed E-state index contributed by atoms with van der Waals surface area (Å²) in [5.74, 6) is -0.118. The van der Waals surface area contributed by atoms with Gasteiger partial charge >= 0.3 is 5.97 Å². The number of hydrogen-bond acceptors (Lipinski definition) is 7. The van der Waals surface area contributed by atoms with E-state index in [2.05, 4.69) is 10.3 Å². The summed E-state index contributed by atoms with van der Waals surface area (Å²) in [6, 6.07) is 9.80. The number of methoxy groups -OCH3 is 2. The van der Waals surface area contributed by atoms with E-state index in [1.54, 1.807) is 36.4 Å². The molecular formula is C18H16N2O6. The molecule has 0 saturated carbocycles. The number of nitrogens with zero attached hydrogens (tertiary/aromatic N) is 1. The minimum atomic E-state index is -0.664. The summed E-state index contributed by atoms with van der Waals surface area (Å²) in [5.41, 5.74) is 1.54. The molecule has 3 rings (SSSR count). The predicted molar refractivity (Wildman–Crippen MR) is 92.5 cm³/mol. The topological polar surface area (TPSA) is 99.9 Å². The van der Waals surface area contributed by atoms with Crippen LogP contribution in [0.25, 0.3) is 11.1 Å². The molecule has 1 heterocycles. The third kappa shape index (κ3) is 3.75. The van der Waals surface area contributed by atoms with Gasteiger partial charge in [0.05, 0.1) is 19.8 Å². The molecule has 0 spiro atoms. The van der Waals surface area contributed by atoms with Crippen LogP contribution in [0.15, 0.2) is 47.2 Å². The first kappa shape index (κ1) is 17.3. The Kier molecular flexibility index (Phi) is 5.02. The summed E-state index contributed by atoms with van der Waals surface area (Å²) in [6.45, 7) is -0.452. The lowest BCUT2D eigenvalue weighted by atomic mass is 10.2. The third-order valence-electron chi connectivity index (χ3n) is 3.55. The first-order valence-corrected chi connectivity index (χ1v) is 7.63. The normalized spacial score (nSPS) is 10.4. The maximum absolute atomic E-state index is 12.2. The van der Waals surface area contributed by atoms with Crippen LogP contribution in [0.1, 0.15) is 10.4 Å². The van der Waals surface area contributed by atoms with E-state index in [0.29, 0.717) is 28.3 Å². The highest BCUT2D eigenvalue weighted by molar-refractivity contribution is 6.02. The van der Waals surface area contributed by atoms with Gasteiger partial charge < -0.3 is 23.9 Å². The number of carbonyl (C=O) groups excluding carboxylic acids is 2. The quantitative estimate of drug-likeness (QED) is 0.678. The molecule has 0 saturated heterocycles. The maximum Gasteiger partial charge on any atom is 0.340 e. The van der Waals surface area contributed by atoms with E-state index in [9.17, 15) is 9.59 Å². The fraction of sp³-hybridized carbons (Fsp3) is 0.167. The molecule has 0 unspecified atom stereocenters. The number of anilines is 1. The van der Waals surface area contributed by atoms with Crippen LogP contribution in [0.3, 0.4) is 0 Å². The maximum atomic E-state index is 12.2. The molecule has 0 aliphatic heterocycles. The minimum Gasteiger partial charge on any atom is -0.497 e. The van der Waals surface area contributed by atoms with Gasteiger partial charge in [-0.2, -0.15) is 0 Å². The Balaban J connectivity index is 1.64. The van der Waals surface area contributed by atoms with Gasteiger partial charge in [0.2, 0.25) is 0 Å². The molecule has 3 aromatic rings. The Labute approximate surface area is 148 Å². The third-order valence-corrected chi connectivity index (χ3v) is 3.55. The van der Waals surface area contributed by atoms with Crippen molar-refractivity contribution < 1.29 is 28.2 Å². The van der Waals surface area contributed by atoms with Crippen LogP contribution < -0.4 is 14.8 Å². The molecule has 0 aliphatic carbocycles. The number of amides is 1. The Morgan fingerprint density at radius 1 is 1.12 bits per heavy atom. The lowest BCUT2D eigenvalue weighted by Crippen LogP contribution is -2.21. The molecule has 0 fully saturated rings. The Morgan fingerprint density at radius 3 is 2.54 bits per heavy atom. The van der Waals surface area contributed by atoms with E-state index in [-0.39, 0.29) is 5.56 Å². The zero-order chi connectivity index (χ0) is 18.5. The summed E-state index contributed by atoms with van der Waals surface area (Å²) in [7, 11) is 3.01. The van der Waals surface area contributed by atoms with Crippen molar-refractivity contribution in [3.63, 3.8) is 0 Å². The molecule has 0 radical (unpaired) electrons. The molecule has 0 bridgehead atoms. The van der Waals surface area contributed by atoms with Gasteiger partial charge in [-0.3, -0.25) is 4.79 Å². The second kappa shape index (κ2) is 7.56. The van der Waals surface area contributed by atoms with E-state index in [4.69, 9.17) is 18.6 Å². The molecule has 134 valence electrons. The number of para-hydroxylation sites is 1. The lowest BCUT2D eigenvalue weighted by molar-refractivity contribution is -0.119. The van der Waals surface area contributed by atoms with Crippen molar-refractivity contribution in [2.75, 3.05) is 26.1 Å². The SMILES string of the molecule is COc1cc(NC(=O)COC(=O)c2cccc3ocnc23)cc(OC)c1. The fourth-order valence-electron chi connectivity index (χ4n) is 2.34. The average Bonchev–Trinajstić information content (AvgIpc) is 3.14. The van der Waals surface area contributed by atoms with Gasteiger partial charge in [-0.25, -0.2) is 9.78 Å². The standard InChI is InChI=1S/C18H16N2O6/c1-23-12-6-11(7-13(8-12)24-2)20-16(21)9-25-18(22)14-4-3-5-15-17(14)19-10-26-15/h3-8,10H,9H2,1-2H3,(H,20,21). The van der Waals surface area contributed by atoms with E-state index >= 15 is 0 Å². The molecule has 2 aromatic carbocycles. The first-order valence-electron chi connectivity index (χ1n) is 7.63. The zero-order valence-corrected chi connectivity index (χ0v) is 14.1. The zero-order valence-electron chi connectivity index (χ0n) is 14.1. The van der Waals surface area contributed by atoms with E-state index in [1.165, 1.54) is 20.6 Å². The summed E-state index contributed by atoms with van der Waals surface area (Å²) in [5, 5.41) is 2.62. The summed E-state index contributed by atoms with van der Waals surface area (Å²) in [6.07, 6.45) is 1.24. The van der Waals surface area contributed by atoms with Crippen molar-refractivity contribution in [1.29, 1.82) is 0 Å². The lowest BCUT2D eigenvalue weighted by Gasteiger charge is -2.10. The van der Waals surface area contributed by atoms with Crippen LogP contribution in [0.5, 0.6) is 11.5 Å². The highest BCUT2D eigenvalue weighted by Crippen LogP contribution is 2.25. The summed E-state index contributed by atoms with van der Waals surface area (Å²) >= 11 is 0. The number of oxazole rings is 1. The second-order valence-corrected chi connectivity index (χ2v) is 5.23. The van der Waals surface area contributed by atoms with Crippen molar-refractivity contribution in [3.05, 3.63) is 48.4 Å². The van der Waals surface area contributed by atoms with Crippen molar-refractivity contribution in [2.45, 2.75) is 0 Å². The van der Waals surface area contributed by atoms with Crippen molar-refractivity contribution in [2.24, 2.45) is 0 Å². The number of rotatable bonds is 6. The van der Waals surface area contributed by atoms with Crippen molar-refractivity contribution >= 4 is 28.7 Å². The van der Waals surface area contributed by atoms with Gasteiger partial charge in [0.15, 0.2) is 18.6 Å². The van der Waals surface area contributed by atoms with E-state index in [1.807, 2.05) is 0 Å². The smallest absolute Gasteiger partial charge is 0.340 e. The molecule has 1 amide bonds. The van der Waals surface area contributed by atoms with Crippen molar-refractivity contribution in [3.8, 4) is 11.5 Å². The predicted octanol–water partition coefficient (Wildman–Crippen LogP) is 2.64. The van der Waals surface area contributed by atoms with Crippen LogP contribution in [0.4, 0.5) is 5.69 Å². The van der Waals surface area contributed by atoms with Crippen LogP contribution in [-0.2, 0) is 9.53 Å². The summed E-state index contributed by atoms with van der Waals surface area (Å²) < 4.78 is 20.5. The molecule has 8 heteroatoms. The average molecular weight is 356 g/mol. The molecule has 0 atom stereocenters.